The Labute approximate surface area is 123 Å². The molecule has 0 aliphatic rings. The van der Waals surface area contributed by atoms with Gasteiger partial charge in [0, 0.05) is 12.6 Å². The number of rotatable bonds is 6. The van der Waals surface area contributed by atoms with Crippen molar-refractivity contribution in [3.63, 3.8) is 0 Å². The van der Waals surface area contributed by atoms with Crippen LogP contribution in [0.1, 0.15) is 43.4 Å². The molecule has 2 rings (SSSR count). The summed E-state index contributed by atoms with van der Waals surface area (Å²) in [7, 11) is 0. The second-order valence-corrected chi connectivity index (χ2v) is 5.87. The lowest BCUT2D eigenvalue weighted by Gasteiger charge is -2.14. The molecule has 0 aliphatic heterocycles. The number of hydrogen-bond acceptors (Lipinski definition) is 1. The summed E-state index contributed by atoms with van der Waals surface area (Å²) in [6, 6.07) is 20.1. The molecule has 2 aromatic rings. The molecule has 1 heteroatoms. The van der Waals surface area contributed by atoms with Gasteiger partial charge in [-0.25, -0.2) is 0 Å². The van der Waals surface area contributed by atoms with Crippen molar-refractivity contribution in [3.05, 3.63) is 71.3 Å². The Balaban J connectivity index is 1.82. The predicted octanol–water partition coefficient (Wildman–Crippen LogP) is 4.53. The summed E-state index contributed by atoms with van der Waals surface area (Å²) < 4.78 is 0. The monoisotopic (exact) mass is 267 g/mol. The minimum Gasteiger partial charge on any atom is -0.310 e. The van der Waals surface area contributed by atoms with Crippen LogP contribution in [-0.2, 0) is 13.0 Å². The van der Waals surface area contributed by atoms with Crippen LogP contribution in [0.3, 0.4) is 0 Å². The first kappa shape index (κ1) is 14.8. The Morgan fingerprint density at radius 2 is 1.45 bits per heavy atom. The average molecular weight is 267 g/mol. The Kier molecular flexibility index (Phi) is 5.37. The molecule has 0 amide bonds. The highest BCUT2D eigenvalue weighted by Gasteiger charge is 2.03. The van der Waals surface area contributed by atoms with Crippen LogP contribution in [0.4, 0.5) is 0 Å². The second-order valence-electron chi connectivity index (χ2n) is 5.87. The van der Waals surface area contributed by atoms with Crippen molar-refractivity contribution >= 4 is 0 Å². The summed E-state index contributed by atoms with van der Waals surface area (Å²) in [6.07, 6.45) is 1.07. The van der Waals surface area contributed by atoms with Crippen LogP contribution in [0.5, 0.6) is 0 Å². The molecule has 0 spiro atoms. The largest absolute Gasteiger partial charge is 0.310 e. The molecule has 1 nitrogen and oxygen atoms in total. The van der Waals surface area contributed by atoms with Gasteiger partial charge in [-0.15, -0.1) is 0 Å². The van der Waals surface area contributed by atoms with E-state index in [-0.39, 0.29) is 0 Å². The van der Waals surface area contributed by atoms with E-state index in [0.29, 0.717) is 12.0 Å². The van der Waals surface area contributed by atoms with E-state index >= 15 is 0 Å². The lowest BCUT2D eigenvalue weighted by atomic mass is 10.0. The Morgan fingerprint density at radius 1 is 0.800 bits per heavy atom. The summed E-state index contributed by atoms with van der Waals surface area (Å²) in [5.74, 6) is 0.606. The Hall–Kier alpha value is -1.60. The van der Waals surface area contributed by atoms with Gasteiger partial charge in [0.05, 0.1) is 0 Å². The van der Waals surface area contributed by atoms with Crippen molar-refractivity contribution in [2.24, 2.45) is 0 Å². The van der Waals surface area contributed by atoms with Gasteiger partial charge < -0.3 is 5.32 Å². The van der Waals surface area contributed by atoms with Gasteiger partial charge in [-0.2, -0.15) is 0 Å². The van der Waals surface area contributed by atoms with Crippen molar-refractivity contribution in [1.82, 2.24) is 5.32 Å². The molecule has 20 heavy (non-hydrogen) atoms. The summed E-state index contributed by atoms with van der Waals surface area (Å²) in [6.45, 7) is 7.65. The van der Waals surface area contributed by atoms with Gasteiger partial charge in [-0.1, -0.05) is 68.4 Å². The van der Waals surface area contributed by atoms with Crippen LogP contribution in [0.25, 0.3) is 0 Å². The molecule has 2 aromatic carbocycles. The van der Waals surface area contributed by atoms with Gasteiger partial charge in [0.25, 0.3) is 0 Å². The van der Waals surface area contributed by atoms with Gasteiger partial charge in [-0.3, -0.25) is 0 Å². The molecule has 0 fully saturated rings. The minimum absolute atomic E-state index is 0.488. The van der Waals surface area contributed by atoms with Crippen molar-refractivity contribution in [1.29, 1.82) is 0 Å². The smallest absolute Gasteiger partial charge is 0.0208 e. The minimum atomic E-state index is 0.488. The molecule has 0 aliphatic carbocycles. The lowest BCUT2D eigenvalue weighted by Crippen LogP contribution is -2.27. The maximum atomic E-state index is 3.60. The number of nitrogens with one attached hydrogen (secondary N) is 1. The first-order valence-electron chi connectivity index (χ1n) is 7.51. The van der Waals surface area contributed by atoms with Crippen LogP contribution >= 0.6 is 0 Å². The molecule has 0 radical (unpaired) electrons. The third-order valence-corrected chi connectivity index (χ3v) is 3.69. The zero-order valence-electron chi connectivity index (χ0n) is 12.8. The van der Waals surface area contributed by atoms with E-state index in [1.807, 2.05) is 0 Å². The summed E-state index contributed by atoms with van der Waals surface area (Å²) in [4.78, 5) is 0. The lowest BCUT2D eigenvalue weighted by molar-refractivity contribution is 0.545. The second kappa shape index (κ2) is 7.25. The standard InChI is InChI=1S/C19H25N/c1-15(2)19-11-9-18(10-12-19)14-20-16(3)13-17-7-5-4-6-8-17/h4-12,15-16,20H,13-14H2,1-3H3. The fourth-order valence-corrected chi connectivity index (χ4v) is 2.35. The maximum Gasteiger partial charge on any atom is 0.0208 e. The Morgan fingerprint density at radius 3 is 2.05 bits per heavy atom. The van der Waals surface area contributed by atoms with Gasteiger partial charge in [0.1, 0.15) is 0 Å². The SMILES string of the molecule is CC(Cc1ccccc1)NCc1ccc(C(C)C)cc1. The molecule has 1 atom stereocenters. The van der Waals surface area contributed by atoms with Crippen molar-refractivity contribution in [3.8, 4) is 0 Å². The predicted molar refractivity (Wildman–Crippen MR) is 87.0 cm³/mol. The quantitative estimate of drug-likeness (QED) is 0.810. The average Bonchev–Trinajstić information content (AvgIpc) is 2.46. The first-order chi connectivity index (χ1) is 9.65. The zero-order valence-corrected chi connectivity index (χ0v) is 12.8. The molecule has 0 bridgehead atoms. The van der Waals surface area contributed by atoms with Gasteiger partial charge in [-0.05, 0) is 36.0 Å². The third-order valence-electron chi connectivity index (χ3n) is 3.69. The van der Waals surface area contributed by atoms with Gasteiger partial charge in [0.15, 0.2) is 0 Å². The van der Waals surface area contributed by atoms with E-state index in [2.05, 4.69) is 80.7 Å². The molecule has 1 N–H and O–H groups in total. The maximum absolute atomic E-state index is 3.60. The topological polar surface area (TPSA) is 12.0 Å². The zero-order chi connectivity index (χ0) is 14.4. The first-order valence-corrected chi connectivity index (χ1v) is 7.51. The van der Waals surface area contributed by atoms with Crippen LogP contribution in [-0.4, -0.2) is 6.04 Å². The third kappa shape index (κ3) is 4.50. The molecular weight excluding hydrogens is 242 g/mol. The van der Waals surface area contributed by atoms with E-state index in [1.165, 1.54) is 16.7 Å². The summed E-state index contributed by atoms with van der Waals surface area (Å²) >= 11 is 0. The molecular formula is C19H25N. The van der Waals surface area contributed by atoms with Gasteiger partial charge >= 0.3 is 0 Å². The molecule has 106 valence electrons. The van der Waals surface area contributed by atoms with Crippen LogP contribution < -0.4 is 5.32 Å². The van der Waals surface area contributed by atoms with E-state index in [0.717, 1.165) is 13.0 Å². The Bertz CT molecular complexity index is 499. The molecule has 1 unspecified atom stereocenters. The fraction of sp³-hybridized carbons (Fsp3) is 0.368. The highest BCUT2D eigenvalue weighted by atomic mass is 14.9. The van der Waals surface area contributed by atoms with E-state index in [4.69, 9.17) is 0 Å². The van der Waals surface area contributed by atoms with E-state index < -0.39 is 0 Å². The summed E-state index contributed by atoms with van der Waals surface area (Å²) in [5, 5.41) is 3.60. The van der Waals surface area contributed by atoms with Gasteiger partial charge in [0.2, 0.25) is 0 Å². The van der Waals surface area contributed by atoms with Crippen molar-refractivity contribution < 1.29 is 0 Å². The normalized spacial score (nSPS) is 12.6. The summed E-state index contributed by atoms with van der Waals surface area (Å²) in [5.41, 5.74) is 4.16. The molecule has 0 saturated heterocycles. The molecule has 0 heterocycles. The number of benzene rings is 2. The van der Waals surface area contributed by atoms with E-state index in [1.54, 1.807) is 0 Å². The highest BCUT2D eigenvalue weighted by Crippen LogP contribution is 2.14. The highest BCUT2D eigenvalue weighted by molar-refractivity contribution is 5.24. The fourth-order valence-electron chi connectivity index (χ4n) is 2.35. The number of hydrogen-bond donors (Lipinski definition) is 1. The van der Waals surface area contributed by atoms with Crippen LogP contribution in [0, 0.1) is 0 Å². The van der Waals surface area contributed by atoms with Crippen molar-refractivity contribution in [2.75, 3.05) is 0 Å². The van der Waals surface area contributed by atoms with Crippen LogP contribution in [0.2, 0.25) is 0 Å². The molecule has 0 saturated carbocycles. The van der Waals surface area contributed by atoms with Crippen LogP contribution in [0.15, 0.2) is 54.6 Å². The van der Waals surface area contributed by atoms with E-state index in [9.17, 15) is 0 Å². The molecule has 0 aromatic heterocycles. The van der Waals surface area contributed by atoms with Crippen molar-refractivity contribution in [2.45, 2.75) is 45.7 Å².